The summed E-state index contributed by atoms with van der Waals surface area (Å²) in [5, 5.41) is 3.45. The monoisotopic (exact) mass is 466 g/mol. The van der Waals surface area contributed by atoms with Gasteiger partial charge in [-0.15, -0.1) is 0 Å². The van der Waals surface area contributed by atoms with Crippen LogP contribution in [0.2, 0.25) is 5.02 Å². The first kappa shape index (κ1) is 25.0. The van der Waals surface area contributed by atoms with Crippen molar-refractivity contribution in [3.05, 3.63) is 58.1 Å². The summed E-state index contributed by atoms with van der Waals surface area (Å²) in [6, 6.07) is 9.10. The molecule has 2 aromatic rings. The molecule has 170 valence electrons. The van der Waals surface area contributed by atoms with E-state index in [9.17, 15) is 13.2 Å². The zero-order chi connectivity index (χ0) is 23.5. The summed E-state index contributed by atoms with van der Waals surface area (Å²) in [6.45, 7) is 9.58. The van der Waals surface area contributed by atoms with Crippen LogP contribution in [0, 0.1) is 6.92 Å². The summed E-state index contributed by atoms with van der Waals surface area (Å²) in [5.41, 5.74) is 3.38. The van der Waals surface area contributed by atoms with Crippen LogP contribution >= 0.6 is 11.6 Å². The largest absolute Gasteiger partial charge is 0.496 e. The molecule has 0 aromatic heterocycles. The van der Waals surface area contributed by atoms with Gasteiger partial charge in [-0.3, -0.25) is 9.10 Å². The van der Waals surface area contributed by atoms with Gasteiger partial charge in [0.15, 0.2) is 0 Å². The van der Waals surface area contributed by atoms with Gasteiger partial charge in [-0.25, -0.2) is 8.42 Å². The van der Waals surface area contributed by atoms with Crippen LogP contribution in [0.5, 0.6) is 5.75 Å². The van der Waals surface area contributed by atoms with Gasteiger partial charge in [0.2, 0.25) is 15.9 Å². The maximum atomic E-state index is 13.0. The minimum atomic E-state index is -3.70. The highest BCUT2D eigenvalue weighted by Gasteiger charge is 2.30. The van der Waals surface area contributed by atoms with Crippen LogP contribution in [-0.4, -0.2) is 33.7 Å². The second-order valence-corrected chi connectivity index (χ2v) is 10.3. The van der Waals surface area contributed by atoms with Crippen LogP contribution in [0.4, 0.5) is 5.69 Å². The maximum Gasteiger partial charge on any atom is 0.244 e. The van der Waals surface area contributed by atoms with Crippen molar-refractivity contribution in [2.75, 3.05) is 17.7 Å². The molecule has 0 spiro atoms. The molecule has 0 radical (unpaired) electrons. The number of amides is 1. The minimum Gasteiger partial charge on any atom is -0.496 e. The lowest BCUT2D eigenvalue weighted by Gasteiger charge is -2.29. The van der Waals surface area contributed by atoms with Crippen molar-refractivity contribution < 1.29 is 17.9 Å². The average Bonchev–Trinajstić information content (AvgIpc) is 2.67. The number of benzene rings is 2. The molecule has 2 rings (SSSR count). The van der Waals surface area contributed by atoms with E-state index in [4.69, 9.17) is 16.3 Å². The molecule has 0 heterocycles. The predicted molar refractivity (Wildman–Crippen MR) is 127 cm³/mol. The number of carbonyl (C=O) groups is 1. The first-order valence-electron chi connectivity index (χ1n) is 10.1. The summed E-state index contributed by atoms with van der Waals surface area (Å²) >= 11 is 5.92. The van der Waals surface area contributed by atoms with Crippen molar-refractivity contribution in [2.24, 2.45) is 0 Å². The number of hydrogen-bond acceptors (Lipinski definition) is 4. The first-order chi connectivity index (χ1) is 14.4. The third kappa shape index (κ3) is 5.92. The highest BCUT2D eigenvalue weighted by atomic mass is 35.5. The van der Waals surface area contributed by atoms with Crippen LogP contribution in [0.15, 0.2) is 36.4 Å². The van der Waals surface area contributed by atoms with E-state index in [1.54, 1.807) is 38.3 Å². The fourth-order valence-electron chi connectivity index (χ4n) is 3.62. The number of anilines is 1. The summed E-state index contributed by atoms with van der Waals surface area (Å²) in [4.78, 5) is 13.0. The Balaban J connectivity index is 2.32. The van der Waals surface area contributed by atoms with Gasteiger partial charge in [-0.1, -0.05) is 25.4 Å². The number of rotatable bonds is 8. The van der Waals surface area contributed by atoms with Crippen molar-refractivity contribution in [3.63, 3.8) is 0 Å². The second-order valence-electron chi connectivity index (χ2n) is 8.05. The number of nitrogens with one attached hydrogen (secondary N) is 1. The SMILES string of the molecule is COc1cc(C)c([C@@H](C)NC(=O)[C@H](C)N(c2ccc(Cl)cc2)S(C)(=O)=O)cc1C(C)C. The number of methoxy groups -OCH3 is 1. The molecule has 1 amide bonds. The van der Waals surface area contributed by atoms with Crippen molar-refractivity contribution in [2.45, 2.75) is 52.6 Å². The smallest absolute Gasteiger partial charge is 0.244 e. The number of carbonyl (C=O) groups excluding carboxylic acids is 1. The molecule has 8 heteroatoms. The van der Waals surface area contributed by atoms with Crippen LogP contribution < -0.4 is 14.4 Å². The predicted octanol–water partition coefficient (Wildman–Crippen LogP) is 4.81. The molecular formula is C23H31ClN2O4S. The summed E-state index contributed by atoms with van der Waals surface area (Å²) in [7, 11) is -2.06. The van der Waals surface area contributed by atoms with Gasteiger partial charge in [0.1, 0.15) is 11.8 Å². The molecule has 6 nitrogen and oxygen atoms in total. The normalized spacial score (nSPS) is 13.6. The van der Waals surface area contributed by atoms with Gasteiger partial charge in [0, 0.05) is 5.02 Å². The Hall–Kier alpha value is -2.25. The van der Waals surface area contributed by atoms with Crippen molar-refractivity contribution in [1.82, 2.24) is 5.32 Å². The maximum absolute atomic E-state index is 13.0. The summed E-state index contributed by atoms with van der Waals surface area (Å²) < 4.78 is 31.5. The number of aryl methyl sites for hydroxylation is 1. The highest BCUT2D eigenvalue weighted by molar-refractivity contribution is 7.92. The number of halogens is 1. The van der Waals surface area contributed by atoms with Gasteiger partial charge in [0.25, 0.3) is 0 Å². The van der Waals surface area contributed by atoms with E-state index in [1.165, 1.54) is 0 Å². The van der Waals surface area contributed by atoms with E-state index in [0.29, 0.717) is 10.7 Å². The Labute approximate surface area is 190 Å². The molecule has 2 aromatic carbocycles. The van der Waals surface area contributed by atoms with Crippen molar-refractivity contribution in [3.8, 4) is 5.75 Å². The lowest BCUT2D eigenvalue weighted by atomic mass is 9.93. The standard InChI is InChI=1S/C23H31ClN2O4S/c1-14(2)20-13-21(15(3)12-22(20)30-6)16(4)25-23(27)17(5)26(31(7,28)29)19-10-8-18(24)9-11-19/h8-14,16-17H,1-7H3,(H,25,27)/t16-,17+/m1/s1. The Morgan fingerprint density at radius 2 is 1.65 bits per heavy atom. The molecule has 0 aliphatic heterocycles. The molecule has 0 aliphatic rings. The Morgan fingerprint density at radius 1 is 1.06 bits per heavy atom. The van der Waals surface area contributed by atoms with Crippen LogP contribution in [-0.2, 0) is 14.8 Å². The van der Waals surface area contributed by atoms with Gasteiger partial charge < -0.3 is 10.1 Å². The summed E-state index contributed by atoms with van der Waals surface area (Å²) in [5.74, 6) is 0.671. The molecule has 0 saturated heterocycles. The number of nitrogens with zero attached hydrogens (tertiary/aromatic N) is 1. The van der Waals surface area contributed by atoms with Gasteiger partial charge in [0.05, 0.1) is 25.1 Å². The molecule has 0 saturated carbocycles. The topological polar surface area (TPSA) is 75.7 Å². The van der Waals surface area contributed by atoms with Gasteiger partial charge in [-0.05, 0) is 79.8 Å². The Kier molecular flexibility index (Phi) is 8.00. The molecule has 0 aliphatic carbocycles. The lowest BCUT2D eigenvalue weighted by Crippen LogP contribution is -2.48. The average molecular weight is 467 g/mol. The Bertz CT molecular complexity index is 1040. The number of sulfonamides is 1. The number of ether oxygens (including phenoxy) is 1. The fraction of sp³-hybridized carbons (Fsp3) is 0.435. The molecule has 0 bridgehead atoms. The van der Waals surface area contributed by atoms with Crippen LogP contribution in [0.1, 0.15) is 56.3 Å². The molecule has 0 unspecified atom stereocenters. The fourth-order valence-corrected chi connectivity index (χ4v) is 4.92. The van der Waals surface area contributed by atoms with E-state index in [-0.39, 0.29) is 12.0 Å². The molecule has 31 heavy (non-hydrogen) atoms. The third-order valence-corrected chi connectivity index (χ3v) is 6.73. The van der Waals surface area contributed by atoms with Crippen molar-refractivity contribution >= 4 is 33.2 Å². The summed E-state index contributed by atoms with van der Waals surface area (Å²) in [6.07, 6.45) is 1.08. The van der Waals surface area contributed by atoms with Crippen LogP contribution in [0.3, 0.4) is 0 Å². The van der Waals surface area contributed by atoms with Gasteiger partial charge in [-0.2, -0.15) is 0 Å². The van der Waals surface area contributed by atoms with Crippen molar-refractivity contribution in [1.29, 1.82) is 0 Å². The quantitative estimate of drug-likeness (QED) is 0.605. The van der Waals surface area contributed by atoms with E-state index >= 15 is 0 Å². The molecule has 2 atom stereocenters. The molecule has 0 fully saturated rings. The highest BCUT2D eigenvalue weighted by Crippen LogP contribution is 2.32. The zero-order valence-corrected chi connectivity index (χ0v) is 20.6. The Morgan fingerprint density at radius 3 is 2.13 bits per heavy atom. The van der Waals surface area contributed by atoms with E-state index in [1.807, 2.05) is 26.0 Å². The van der Waals surface area contributed by atoms with Gasteiger partial charge >= 0.3 is 0 Å². The zero-order valence-electron chi connectivity index (χ0n) is 19.1. The van der Waals surface area contributed by atoms with Crippen LogP contribution in [0.25, 0.3) is 0 Å². The second kappa shape index (κ2) is 9.92. The number of hydrogen-bond donors (Lipinski definition) is 1. The van der Waals surface area contributed by atoms with E-state index in [2.05, 4.69) is 19.2 Å². The third-order valence-electron chi connectivity index (χ3n) is 5.24. The lowest BCUT2D eigenvalue weighted by molar-refractivity contribution is -0.122. The van der Waals surface area contributed by atoms with E-state index in [0.717, 1.165) is 33.0 Å². The van der Waals surface area contributed by atoms with E-state index < -0.39 is 22.0 Å². The molecule has 1 N–H and O–H groups in total. The molecular weight excluding hydrogens is 436 g/mol. The minimum absolute atomic E-state index is 0.252. The first-order valence-corrected chi connectivity index (χ1v) is 12.3.